The van der Waals surface area contributed by atoms with Gasteiger partial charge in [-0.2, -0.15) is 0 Å². The van der Waals surface area contributed by atoms with Crippen LogP contribution in [0, 0.1) is 0 Å². The second-order valence-corrected chi connectivity index (χ2v) is 9.84. The number of benzene rings is 2. The summed E-state index contributed by atoms with van der Waals surface area (Å²) in [4.78, 5) is 28.0. The van der Waals surface area contributed by atoms with E-state index in [9.17, 15) is 9.59 Å². The molecule has 3 aliphatic rings. The highest BCUT2D eigenvalue weighted by molar-refractivity contribution is 7.14. The van der Waals surface area contributed by atoms with Gasteiger partial charge in [-0.25, -0.2) is 4.79 Å². The third-order valence-electron chi connectivity index (χ3n) is 7.00. The van der Waals surface area contributed by atoms with Crippen LogP contribution < -0.4 is 0 Å². The van der Waals surface area contributed by atoms with E-state index < -0.39 is 0 Å². The molecule has 5 heteroatoms. The van der Waals surface area contributed by atoms with Crippen LogP contribution in [0.15, 0.2) is 66.7 Å². The van der Waals surface area contributed by atoms with Gasteiger partial charge in [0.05, 0.1) is 10.9 Å². The monoisotopic (exact) mass is 441 g/mol. The van der Waals surface area contributed by atoms with Gasteiger partial charge in [-0.05, 0) is 59.2 Å². The van der Waals surface area contributed by atoms with E-state index in [1.54, 1.807) is 0 Å². The number of hydrogen-bond acceptors (Lipinski definition) is 4. The number of fused-ring (bicyclic) bond motifs is 5. The van der Waals surface area contributed by atoms with Crippen molar-refractivity contribution in [2.75, 3.05) is 6.61 Å². The zero-order chi connectivity index (χ0) is 21.7. The summed E-state index contributed by atoms with van der Waals surface area (Å²) < 4.78 is 5.94. The summed E-state index contributed by atoms with van der Waals surface area (Å²) in [5, 5.41) is 0. The first-order valence-electron chi connectivity index (χ1n) is 11.1. The van der Waals surface area contributed by atoms with Crippen molar-refractivity contribution in [1.82, 2.24) is 4.90 Å². The van der Waals surface area contributed by atoms with Crippen LogP contribution in [-0.2, 0) is 4.74 Å². The van der Waals surface area contributed by atoms with Gasteiger partial charge in [-0.3, -0.25) is 9.69 Å². The summed E-state index contributed by atoms with van der Waals surface area (Å²) in [5.41, 5.74) is 6.18. The molecule has 6 rings (SSSR count). The predicted molar refractivity (Wildman–Crippen MR) is 126 cm³/mol. The van der Waals surface area contributed by atoms with E-state index in [4.69, 9.17) is 4.74 Å². The normalized spacial score (nSPS) is 21.1. The van der Waals surface area contributed by atoms with E-state index in [1.807, 2.05) is 17.0 Å². The minimum atomic E-state index is -0.213. The van der Waals surface area contributed by atoms with Crippen molar-refractivity contribution >= 4 is 29.3 Å². The van der Waals surface area contributed by atoms with Gasteiger partial charge in [-0.1, -0.05) is 54.6 Å². The highest BCUT2D eigenvalue weighted by atomic mass is 32.1. The molecule has 1 amide bonds. The highest BCUT2D eigenvalue weighted by Crippen LogP contribution is 2.45. The fourth-order valence-corrected chi connectivity index (χ4v) is 6.41. The Morgan fingerprint density at radius 1 is 1.00 bits per heavy atom. The predicted octanol–water partition coefficient (Wildman–Crippen LogP) is 6.13. The average Bonchev–Trinajstić information content (AvgIpc) is 3.51. The molecule has 0 N–H and O–H groups in total. The van der Waals surface area contributed by atoms with Crippen LogP contribution in [0.25, 0.3) is 16.7 Å². The number of hydrogen-bond donors (Lipinski definition) is 0. The first kappa shape index (κ1) is 19.5. The van der Waals surface area contributed by atoms with E-state index >= 15 is 0 Å². The highest BCUT2D eigenvalue weighted by Gasteiger charge is 2.41. The van der Waals surface area contributed by atoms with Crippen LogP contribution in [0.1, 0.15) is 50.9 Å². The lowest BCUT2D eigenvalue weighted by Crippen LogP contribution is -2.43. The molecule has 0 spiro atoms. The largest absolute Gasteiger partial charge is 0.448 e. The number of aldehydes is 1. The van der Waals surface area contributed by atoms with E-state index in [-0.39, 0.29) is 24.1 Å². The fourth-order valence-electron chi connectivity index (χ4n) is 5.55. The molecular formula is C27H23NO3S. The lowest BCUT2D eigenvalue weighted by molar-refractivity contribution is 0.0866. The molecule has 2 bridgehead atoms. The number of ether oxygens (including phenoxy) is 1. The molecule has 160 valence electrons. The van der Waals surface area contributed by atoms with Crippen molar-refractivity contribution in [1.29, 1.82) is 0 Å². The molecule has 1 aromatic heterocycles. The molecule has 3 aromatic rings. The second-order valence-electron chi connectivity index (χ2n) is 8.73. The smallest absolute Gasteiger partial charge is 0.410 e. The Morgan fingerprint density at radius 3 is 2.38 bits per heavy atom. The number of carbonyl (C=O) groups excluding carboxylic acids is 2. The number of amides is 1. The standard InChI is InChI=1S/C27H23NO3S/c29-15-20-11-12-26(32-20)17-13-18-9-10-19(14-17)28(18)27(30)31-16-25-23-7-3-1-5-21(23)22-6-2-4-8-24(22)25/h1-8,11-13,15,18-19,25H,9-10,14,16H2. The molecule has 2 aliphatic heterocycles. The van der Waals surface area contributed by atoms with Crippen molar-refractivity contribution in [2.45, 2.75) is 37.3 Å². The van der Waals surface area contributed by atoms with Crippen LogP contribution >= 0.6 is 11.3 Å². The van der Waals surface area contributed by atoms with Gasteiger partial charge < -0.3 is 4.74 Å². The summed E-state index contributed by atoms with van der Waals surface area (Å²) in [6.07, 6.45) is 5.65. The lowest BCUT2D eigenvalue weighted by Gasteiger charge is -2.33. The Bertz CT molecular complexity index is 1200. The van der Waals surface area contributed by atoms with Crippen LogP contribution in [0.3, 0.4) is 0 Å². The quantitative estimate of drug-likeness (QED) is 0.458. The molecule has 4 nitrogen and oxygen atoms in total. The van der Waals surface area contributed by atoms with E-state index in [0.29, 0.717) is 6.61 Å². The van der Waals surface area contributed by atoms with Gasteiger partial charge in [0.1, 0.15) is 6.61 Å². The SMILES string of the molecule is O=Cc1ccc(C2=CC3CCC(C2)N3C(=O)OCC2c3ccccc3-c3ccccc32)s1. The number of rotatable bonds is 4. The minimum Gasteiger partial charge on any atom is -0.448 e. The van der Waals surface area contributed by atoms with Gasteiger partial charge in [-0.15, -0.1) is 11.3 Å². The Balaban J connectivity index is 1.20. The zero-order valence-electron chi connectivity index (χ0n) is 17.6. The van der Waals surface area contributed by atoms with Gasteiger partial charge in [0.15, 0.2) is 6.29 Å². The number of thiophene rings is 1. The number of carbonyl (C=O) groups is 2. The van der Waals surface area contributed by atoms with Crippen molar-refractivity contribution < 1.29 is 14.3 Å². The van der Waals surface area contributed by atoms with E-state index in [0.717, 1.165) is 35.3 Å². The maximum atomic E-state index is 13.2. The van der Waals surface area contributed by atoms with Gasteiger partial charge >= 0.3 is 6.09 Å². The summed E-state index contributed by atoms with van der Waals surface area (Å²) >= 11 is 1.52. The average molecular weight is 442 g/mol. The molecule has 0 saturated carbocycles. The van der Waals surface area contributed by atoms with E-state index in [1.165, 1.54) is 39.2 Å². The summed E-state index contributed by atoms with van der Waals surface area (Å²) in [6.45, 7) is 0.354. The summed E-state index contributed by atoms with van der Waals surface area (Å²) in [6, 6.07) is 20.9. The first-order chi connectivity index (χ1) is 15.7. The fraction of sp³-hybridized carbons (Fsp3) is 0.259. The van der Waals surface area contributed by atoms with Crippen molar-refractivity contribution in [3.8, 4) is 11.1 Å². The molecule has 2 atom stereocenters. The zero-order valence-corrected chi connectivity index (χ0v) is 18.4. The van der Waals surface area contributed by atoms with Gasteiger partial charge in [0.2, 0.25) is 0 Å². The molecule has 1 fully saturated rings. The molecule has 2 aromatic carbocycles. The molecule has 3 heterocycles. The van der Waals surface area contributed by atoms with Crippen LogP contribution in [0.2, 0.25) is 0 Å². The van der Waals surface area contributed by atoms with E-state index in [2.05, 4.69) is 54.6 Å². The Morgan fingerprint density at radius 2 is 1.72 bits per heavy atom. The summed E-state index contributed by atoms with van der Waals surface area (Å²) in [5.74, 6) is 0.0766. The summed E-state index contributed by atoms with van der Waals surface area (Å²) in [7, 11) is 0. The first-order valence-corrected chi connectivity index (χ1v) is 11.9. The van der Waals surface area contributed by atoms with Crippen molar-refractivity contribution in [3.05, 3.63) is 87.6 Å². The Hall–Kier alpha value is -3.18. The van der Waals surface area contributed by atoms with Crippen molar-refractivity contribution in [2.24, 2.45) is 0 Å². The minimum absolute atomic E-state index is 0.0705. The molecule has 0 radical (unpaired) electrons. The van der Waals surface area contributed by atoms with Crippen LogP contribution in [0.5, 0.6) is 0 Å². The maximum Gasteiger partial charge on any atom is 0.410 e. The van der Waals surface area contributed by atoms with Crippen molar-refractivity contribution in [3.63, 3.8) is 0 Å². The Labute approximate surface area is 191 Å². The third-order valence-corrected chi connectivity index (χ3v) is 8.09. The molecule has 1 saturated heterocycles. The lowest BCUT2D eigenvalue weighted by atomic mass is 9.98. The van der Waals surface area contributed by atoms with Gasteiger partial charge in [0, 0.05) is 16.8 Å². The number of nitrogens with zero attached hydrogens (tertiary/aromatic N) is 1. The van der Waals surface area contributed by atoms with Crippen LogP contribution in [-0.4, -0.2) is 36.0 Å². The Kier molecular flexibility index (Phi) is 4.72. The second kappa shape index (κ2) is 7.75. The molecule has 2 unspecified atom stereocenters. The molecular weight excluding hydrogens is 418 g/mol. The molecule has 32 heavy (non-hydrogen) atoms. The maximum absolute atomic E-state index is 13.2. The van der Waals surface area contributed by atoms with Crippen LogP contribution in [0.4, 0.5) is 4.79 Å². The molecule has 1 aliphatic carbocycles. The third kappa shape index (κ3) is 3.11. The topological polar surface area (TPSA) is 46.6 Å². The van der Waals surface area contributed by atoms with Gasteiger partial charge in [0.25, 0.3) is 0 Å².